The first-order chi connectivity index (χ1) is 18.6. The van der Waals surface area contributed by atoms with Crippen LogP contribution in [0, 0.1) is 17.8 Å². The van der Waals surface area contributed by atoms with E-state index >= 15 is 0 Å². The standard InChI is InChI=1S/C30H54O9/c1-22(2)14-7-10-19-34-28(31)37-25-17-13-18-26(38-29(32)35-20-11-8-15-23(3)4)27(25)39-30(33)36-21-12-9-16-24(5)6/h22-27H,7-21H2,1-6H3. The van der Waals surface area contributed by atoms with E-state index in [0.717, 1.165) is 57.8 Å². The molecule has 0 N–H and O–H groups in total. The Labute approximate surface area is 235 Å². The fourth-order valence-electron chi connectivity index (χ4n) is 4.38. The Hall–Kier alpha value is -2.19. The van der Waals surface area contributed by atoms with Gasteiger partial charge in [0.1, 0.15) is 12.2 Å². The second-order valence-electron chi connectivity index (χ2n) is 11.8. The summed E-state index contributed by atoms with van der Waals surface area (Å²) in [6.45, 7) is 13.6. The number of hydrogen-bond acceptors (Lipinski definition) is 9. The van der Waals surface area contributed by atoms with Crippen molar-refractivity contribution in [1.29, 1.82) is 0 Å². The average Bonchev–Trinajstić information content (AvgIpc) is 2.84. The smallest absolute Gasteiger partial charge is 0.434 e. The third kappa shape index (κ3) is 17.9. The summed E-state index contributed by atoms with van der Waals surface area (Å²) in [7, 11) is 0. The molecule has 1 saturated carbocycles. The lowest BCUT2D eigenvalue weighted by Crippen LogP contribution is -2.48. The maximum Gasteiger partial charge on any atom is 0.508 e. The Morgan fingerprint density at radius 1 is 0.538 bits per heavy atom. The van der Waals surface area contributed by atoms with Crippen molar-refractivity contribution in [2.24, 2.45) is 17.8 Å². The number of rotatable bonds is 18. The highest BCUT2D eigenvalue weighted by atomic mass is 16.8. The Bertz CT molecular complexity index is 637. The van der Waals surface area contributed by atoms with Crippen molar-refractivity contribution in [2.75, 3.05) is 19.8 Å². The zero-order chi connectivity index (χ0) is 29.0. The van der Waals surface area contributed by atoms with Gasteiger partial charge in [0, 0.05) is 0 Å². The second-order valence-corrected chi connectivity index (χ2v) is 11.8. The third-order valence-electron chi connectivity index (χ3n) is 6.62. The van der Waals surface area contributed by atoms with Gasteiger partial charge in [-0.05, 0) is 75.5 Å². The lowest BCUT2D eigenvalue weighted by Gasteiger charge is -2.35. The quantitative estimate of drug-likeness (QED) is 0.0934. The predicted molar refractivity (Wildman–Crippen MR) is 149 cm³/mol. The van der Waals surface area contributed by atoms with Crippen LogP contribution < -0.4 is 0 Å². The number of unbranched alkanes of at least 4 members (excludes halogenated alkanes) is 3. The minimum absolute atomic E-state index is 0.228. The van der Waals surface area contributed by atoms with Crippen LogP contribution in [0.15, 0.2) is 0 Å². The molecular weight excluding hydrogens is 504 g/mol. The highest BCUT2D eigenvalue weighted by Crippen LogP contribution is 2.28. The normalized spacial score (nSPS) is 19.2. The lowest BCUT2D eigenvalue weighted by atomic mass is 9.91. The van der Waals surface area contributed by atoms with Crippen molar-refractivity contribution >= 4 is 18.5 Å². The van der Waals surface area contributed by atoms with Gasteiger partial charge in [-0.1, -0.05) is 60.8 Å². The van der Waals surface area contributed by atoms with E-state index in [0.29, 0.717) is 37.0 Å². The number of carbonyl (C=O) groups is 3. The lowest BCUT2D eigenvalue weighted by molar-refractivity contribution is -0.126. The molecule has 1 fully saturated rings. The highest BCUT2D eigenvalue weighted by molar-refractivity contribution is 5.62. The molecule has 1 aliphatic carbocycles. The fourth-order valence-corrected chi connectivity index (χ4v) is 4.38. The van der Waals surface area contributed by atoms with Gasteiger partial charge < -0.3 is 28.4 Å². The summed E-state index contributed by atoms with van der Waals surface area (Å²) < 4.78 is 32.3. The molecule has 0 saturated heterocycles. The number of ether oxygens (including phenoxy) is 6. The molecule has 0 aromatic rings. The molecule has 0 amide bonds. The molecule has 0 spiro atoms. The van der Waals surface area contributed by atoms with E-state index in [1.165, 1.54) is 0 Å². The van der Waals surface area contributed by atoms with Crippen LogP contribution in [0.2, 0.25) is 0 Å². The van der Waals surface area contributed by atoms with Gasteiger partial charge in [-0.2, -0.15) is 0 Å². The molecule has 1 rings (SSSR count). The highest BCUT2D eigenvalue weighted by Gasteiger charge is 2.42. The molecule has 1 aliphatic rings. The van der Waals surface area contributed by atoms with Crippen LogP contribution >= 0.6 is 0 Å². The van der Waals surface area contributed by atoms with E-state index < -0.39 is 36.8 Å². The van der Waals surface area contributed by atoms with Crippen LogP contribution in [-0.2, 0) is 28.4 Å². The van der Waals surface area contributed by atoms with E-state index in [4.69, 9.17) is 28.4 Å². The molecule has 0 bridgehead atoms. The minimum Gasteiger partial charge on any atom is -0.434 e. The first kappa shape index (κ1) is 34.8. The summed E-state index contributed by atoms with van der Waals surface area (Å²) in [6.07, 6.45) is 4.56. The van der Waals surface area contributed by atoms with Gasteiger partial charge in [0.15, 0.2) is 6.10 Å². The van der Waals surface area contributed by atoms with Crippen LogP contribution in [0.5, 0.6) is 0 Å². The summed E-state index contributed by atoms with van der Waals surface area (Å²) >= 11 is 0. The van der Waals surface area contributed by atoms with Crippen LogP contribution in [-0.4, -0.2) is 56.6 Å². The van der Waals surface area contributed by atoms with Crippen molar-refractivity contribution in [1.82, 2.24) is 0 Å². The molecule has 2 unspecified atom stereocenters. The van der Waals surface area contributed by atoms with Gasteiger partial charge in [-0.3, -0.25) is 0 Å². The monoisotopic (exact) mass is 558 g/mol. The molecule has 0 aromatic carbocycles. The minimum atomic E-state index is -1.01. The second kappa shape index (κ2) is 20.7. The summed E-state index contributed by atoms with van der Waals surface area (Å²) in [5, 5.41) is 0. The molecule has 9 nitrogen and oxygen atoms in total. The van der Waals surface area contributed by atoms with Crippen molar-refractivity contribution in [3.8, 4) is 0 Å². The van der Waals surface area contributed by atoms with Gasteiger partial charge in [0.25, 0.3) is 0 Å². The Balaban J connectivity index is 2.66. The molecule has 2 atom stereocenters. The van der Waals surface area contributed by atoms with E-state index in [-0.39, 0.29) is 19.8 Å². The molecule has 39 heavy (non-hydrogen) atoms. The van der Waals surface area contributed by atoms with Crippen molar-refractivity contribution < 1.29 is 42.8 Å². The van der Waals surface area contributed by atoms with Crippen LogP contribution in [0.4, 0.5) is 14.4 Å². The first-order valence-electron chi connectivity index (χ1n) is 15.1. The predicted octanol–water partition coefficient (Wildman–Crippen LogP) is 8.21. The topological polar surface area (TPSA) is 107 Å². The molecule has 9 heteroatoms. The SMILES string of the molecule is CC(C)CCCCOC(=O)OC1CCCC(OC(=O)OCCCCC(C)C)C1OC(=O)OCCCCC(C)C. The summed E-state index contributed by atoms with van der Waals surface area (Å²) in [6, 6.07) is 0. The Morgan fingerprint density at radius 3 is 1.21 bits per heavy atom. The summed E-state index contributed by atoms with van der Waals surface area (Å²) in [5.74, 6) is 1.77. The van der Waals surface area contributed by atoms with Gasteiger partial charge >= 0.3 is 18.5 Å². The molecule has 228 valence electrons. The van der Waals surface area contributed by atoms with E-state index in [1.807, 2.05) is 0 Å². The van der Waals surface area contributed by atoms with Crippen molar-refractivity contribution in [2.45, 2.75) is 137 Å². The van der Waals surface area contributed by atoms with Gasteiger partial charge in [-0.25, -0.2) is 14.4 Å². The van der Waals surface area contributed by atoms with Gasteiger partial charge in [-0.15, -0.1) is 0 Å². The maximum atomic E-state index is 12.5. The van der Waals surface area contributed by atoms with E-state index in [1.54, 1.807) is 0 Å². The average molecular weight is 559 g/mol. The van der Waals surface area contributed by atoms with Gasteiger partial charge in [0.2, 0.25) is 0 Å². The Morgan fingerprint density at radius 2 is 0.872 bits per heavy atom. The van der Waals surface area contributed by atoms with Gasteiger partial charge in [0.05, 0.1) is 19.8 Å². The Kier molecular flexibility index (Phi) is 18.5. The zero-order valence-corrected chi connectivity index (χ0v) is 25.2. The number of carbonyl (C=O) groups excluding carboxylic acids is 3. The summed E-state index contributed by atoms with van der Waals surface area (Å²) in [5.41, 5.74) is 0. The maximum absolute atomic E-state index is 12.5. The number of hydrogen-bond donors (Lipinski definition) is 0. The molecule has 0 aliphatic heterocycles. The van der Waals surface area contributed by atoms with Crippen molar-refractivity contribution in [3.63, 3.8) is 0 Å². The van der Waals surface area contributed by atoms with Crippen LogP contribution in [0.1, 0.15) is 119 Å². The first-order valence-corrected chi connectivity index (χ1v) is 15.1. The van der Waals surface area contributed by atoms with Crippen LogP contribution in [0.3, 0.4) is 0 Å². The molecule has 0 radical (unpaired) electrons. The fraction of sp³-hybridized carbons (Fsp3) is 0.900. The summed E-state index contributed by atoms with van der Waals surface area (Å²) in [4.78, 5) is 37.2. The van der Waals surface area contributed by atoms with E-state index in [2.05, 4.69) is 41.5 Å². The molecule has 0 heterocycles. The van der Waals surface area contributed by atoms with Crippen LogP contribution in [0.25, 0.3) is 0 Å². The van der Waals surface area contributed by atoms with E-state index in [9.17, 15) is 14.4 Å². The third-order valence-corrected chi connectivity index (χ3v) is 6.62. The van der Waals surface area contributed by atoms with Crippen molar-refractivity contribution in [3.05, 3.63) is 0 Å². The molecule has 0 aromatic heterocycles. The zero-order valence-electron chi connectivity index (χ0n) is 25.2. The molecular formula is C30H54O9. The largest absolute Gasteiger partial charge is 0.508 e.